The monoisotopic (exact) mass is 1400 g/mol. The molecule has 104 heavy (non-hydrogen) atoms. The van der Waals surface area contributed by atoms with Crippen LogP contribution in [-0.2, 0) is 5.41 Å². The molecular formula is C93H61BrN10. The standard InChI is InChI=1S/C48H33N5.C45H28BrN5/c1-48(2)37-20-10-12-23-40(37)53-43-34(19-13-21-38(43)48)35-28-29-41-42(44(35)53)36-18-9-11-22-39(36)52(41)33-26-24-32(25-27-33)47-50-45(30-14-5-3-6-15-30)49-46(51-47)31-16-7-4-8-17-31;46-36-19-9-12-22-39(36)51-37-20-10-7-17-33(37)34-27-28-40-41(42(34)51)35-18-8-11-21-38(35)50(40)32-25-23-31(24-26-32)45-48-43(29-13-3-1-4-14-29)47-44(49-45)30-15-5-2-6-16-30/h3-29H,1-2H3;1-28H. The van der Waals surface area contributed by atoms with Gasteiger partial charge in [0.1, 0.15) is 0 Å². The van der Waals surface area contributed by atoms with E-state index in [1.807, 2.05) is 121 Å². The van der Waals surface area contributed by atoms with Crippen molar-refractivity contribution < 1.29 is 0 Å². The van der Waals surface area contributed by atoms with E-state index in [0.29, 0.717) is 34.9 Å². The normalized spacial score (nSPS) is 12.5. The van der Waals surface area contributed by atoms with E-state index in [-0.39, 0.29) is 5.41 Å². The molecule has 11 heteroatoms. The predicted molar refractivity (Wildman–Crippen MR) is 429 cm³/mol. The lowest BCUT2D eigenvalue weighted by Gasteiger charge is -2.34. The van der Waals surface area contributed by atoms with E-state index in [4.69, 9.17) is 29.9 Å². The average Bonchev–Trinajstić information content (AvgIpc) is 1.51. The van der Waals surface area contributed by atoms with Gasteiger partial charge in [0.25, 0.3) is 0 Å². The van der Waals surface area contributed by atoms with Crippen LogP contribution in [0.15, 0.2) is 338 Å². The highest BCUT2D eigenvalue weighted by molar-refractivity contribution is 9.10. The molecule has 0 fully saturated rings. The maximum Gasteiger partial charge on any atom is 0.164 e. The maximum atomic E-state index is 4.98. The Bertz CT molecular complexity index is 6680. The van der Waals surface area contributed by atoms with Crippen LogP contribution >= 0.6 is 15.9 Å². The van der Waals surface area contributed by atoms with Gasteiger partial charge in [-0.3, -0.25) is 0 Å². The number of rotatable bonds is 9. The summed E-state index contributed by atoms with van der Waals surface area (Å²) >= 11 is 3.87. The number of halogens is 1. The molecule has 490 valence electrons. The second kappa shape index (κ2) is 24.3. The van der Waals surface area contributed by atoms with Gasteiger partial charge < -0.3 is 18.3 Å². The maximum absolute atomic E-state index is 4.98. The first-order valence-electron chi connectivity index (χ1n) is 35.0. The smallest absolute Gasteiger partial charge is 0.164 e. The Labute approximate surface area is 606 Å². The van der Waals surface area contributed by atoms with Crippen LogP contribution in [0.4, 0.5) is 0 Å². The first kappa shape index (κ1) is 60.7. The van der Waals surface area contributed by atoms with Crippen molar-refractivity contribution in [3.05, 3.63) is 349 Å². The van der Waals surface area contributed by atoms with Gasteiger partial charge in [-0.05, 0) is 124 Å². The van der Waals surface area contributed by atoms with Crippen molar-refractivity contribution in [1.29, 1.82) is 0 Å². The zero-order valence-electron chi connectivity index (χ0n) is 56.6. The highest BCUT2D eigenvalue weighted by Gasteiger charge is 2.36. The zero-order valence-corrected chi connectivity index (χ0v) is 58.2. The highest BCUT2D eigenvalue weighted by Crippen LogP contribution is 2.51. The number of aromatic nitrogens is 10. The minimum absolute atomic E-state index is 0.114. The van der Waals surface area contributed by atoms with Gasteiger partial charge in [-0.2, -0.15) is 0 Å². The van der Waals surface area contributed by atoms with E-state index in [1.165, 1.54) is 93.0 Å². The van der Waals surface area contributed by atoms with Gasteiger partial charge in [-0.25, -0.2) is 29.9 Å². The molecule has 0 bridgehead atoms. The Kier molecular flexibility index (Phi) is 14.2. The third-order valence-electron chi connectivity index (χ3n) is 20.8. The fraction of sp³-hybridized carbons (Fsp3) is 0.0323. The van der Waals surface area contributed by atoms with Gasteiger partial charge in [0, 0.05) is 97.7 Å². The van der Waals surface area contributed by atoms with E-state index >= 15 is 0 Å². The van der Waals surface area contributed by atoms with Crippen molar-refractivity contribution in [2.24, 2.45) is 0 Å². The molecule has 14 aromatic carbocycles. The fourth-order valence-electron chi connectivity index (χ4n) is 16.0. The summed E-state index contributed by atoms with van der Waals surface area (Å²) in [4.78, 5) is 29.6. The summed E-state index contributed by atoms with van der Waals surface area (Å²) in [5.74, 6) is 3.88. The van der Waals surface area contributed by atoms with Crippen molar-refractivity contribution >= 4 is 103 Å². The van der Waals surface area contributed by atoms with Crippen molar-refractivity contribution in [2.75, 3.05) is 0 Å². The van der Waals surface area contributed by atoms with Crippen molar-refractivity contribution in [2.45, 2.75) is 19.3 Å². The lowest BCUT2D eigenvalue weighted by Crippen LogP contribution is -2.26. The minimum Gasteiger partial charge on any atom is -0.309 e. The molecule has 0 amide bonds. The van der Waals surface area contributed by atoms with Crippen LogP contribution in [0.25, 0.3) is 178 Å². The van der Waals surface area contributed by atoms with Crippen LogP contribution in [-0.4, -0.2) is 48.2 Å². The van der Waals surface area contributed by atoms with E-state index in [1.54, 1.807) is 0 Å². The minimum atomic E-state index is -0.114. The van der Waals surface area contributed by atoms with Gasteiger partial charge in [-0.15, -0.1) is 0 Å². The van der Waals surface area contributed by atoms with E-state index in [2.05, 4.69) is 260 Å². The number of hydrogen-bond acceptors (Lipinski definition) is 6. The van der Waals surface area contributed by atoms with Crippen LogP contribution < -0.4 is 0 Å². The Morgan fingerprint density at radius 1 is 0.231 bits per heavy atom. The van der Waals surface area contributed by atoms with E-state index in [9.17, 15) is 0 Å². The topological polar surface area (TPSA) is 97.1 Å². The van der Waals surface area contributed by atoms with Crippen LogP contribution in [0.1, 0.15) is 25.0 Å². The summed E-state index contributed by atoms with van der Waals surface area (Å²) in [5.41, 5.74) is 22.3. The molecular weight excluding hydrogens is 1340 g/mol. The quantitative estimate of drug-likeness (QED) is 0.143. The molecule has 0 saturated heterocycles. The summed E-state index contributed by atoms with van der Waals surface area (Å²) in [6.07, 6.45) is 0. The lowest BCUT2D eigenvalue weighted by molar-refractivity contribution is 0.630. The third-order valence-corrected chi connectivity index (χ3v) is 21.5. The van der Waals surface area contributed by atoms with Crippen LogP contribution in [0.5, 0.6) is 0 Å². The second-order valence-corrected chi connectivity index (χ2v) is 27.9. The first-order chi connectivity index (χ1) is 51.3. The van der Waals surface area contributed by atoms with Crippen LogP contribution in [0, 0.1) is 0 Å². The van der Waals surface area contributed by atoms with Crippen LogP contribution in [0.2, 0.25) is 0 Å². The molecule has 1 aliphatic heterocycles. The molecule has 0 unspecified atom stereocenters. The Morgan fingerprint density at radius 3 is 1.01 bits per heavy atom. The fourth-order valence-corrected chi connectivity index (χ4v) is 16.5. The number of nitrogens with zero attached hydrogens (tertiary/aromatic N) is 10. The van der Waals surface area contributed by atoms with Gasteiger partial charge in [0.2, 0.25) is 0 Å². The Hall–Kier alpha value is -13.2. The van der Waals surface area contributed by atoms with Gasteiger partial charge in [0.15, 0.2) is 34.9 Å². The van der Waals surface area contributed by atoms with Crippen molar-refractivity contribution in [3.8, 4) is 91.1 Å². The second-order valence-electron chi connectivity index (χ2n) is 27.1. The number of hydrogen-bond donors (Lipinski definition) is 0. The molecule has 0 N–H and O–H groups in total. The molecule has 1 aliphatic rings. The summed E-state index contributed by atoms with van der Waals surface area (Å²) in [6.45, 7) is 4.71. The van der Waals surface area contributed by atoms with Gasteiger partial charge in [-0.1, -0.05) is 250 Å². The molecule has 20 aromatic rings. The van der Waals surface area contributed by atoms with Crippen molar-refractivity contribution in [1.82, 2.24) is 48.2 Å². The summed E-state index contributed by atoms with van der Waals surface area (Å²) in [6, 6.07) is 117. The van der Waals surface area contributed by atoms with E-state index < -0.39 is 0 Å². The third kappa shape index (κ3) is 9.68. The summed E-state index contributed by atoms with van der Waals surface area (Å²) < 4.78 is 10.8. The molecule has 0 radical (unpaired) electrons. The summed E-state index contributed by atoms with van der Waals surface area (Å²) in [7, 11) is 0. The molecule has 21 rings (SSSR count). The predicted octanol–water partition coefficient (Wildman–Crippen LogP) is 23.5. The molecule has 6 aromatic heterocycles. The Morgan fingerprint density at radius 2 is 0.558 bits per heavy atom. The lowest BCUT2D eigenvalue weighted by atomic mass is 9.75. The number of para-hydroxylation sites is 6. The largest absolute Gasteiger partial charge is 0.309 e. The van der Waals surface area contributed by atoms with Crippen LogP contribution in [0.3, 0.4) is 0 Å². The Balaban J connectivity index is 0.000000139. The molecule has 10 nitrogen and oxygen atoms in total. The van der Waals surface area contributed by atoms with Crippen molar-refractivity contribution in [3.63, 3.8) is 0 Å². The van der Waals surface area contributed by atoms with Gasteiger partial charge in [0.05, 0.1) is 55.5 Å². The first-order valence-corrected chi connectivity index (χ1v) is 35.8. The SMILES string of the molecule is Brc1ccccc1-n1c2ccccc2c2ccc3c(c4ccccc4n3-c3ccc(-c4nc(-c5ccccc5)nc(-c5ccccc5)n4)cc3)c21.CC1(C)c2ccccc2-n2c3c1cccc3c1ccc3c(c4ccccc4n3-c3ccc(-c4nc(-c5ccccc5)nc(-c5ccccc5)n4)cc3)c12. The molecule has 7 heterocycles. The number of fused-ring (bicyclic) bond motifs is 16. The molecule has 0 saturated carbocycles. The molecule has 0 aliphatic carbocycles. The highest BCUT2D eigenvalue weighted by atomic mass is 79.9. The molecule has 0 atom stereocenters. The van der Waals surface area contributed by atoms with Gasteiger partial charge >= 0.3 is 0 Å². The average molecular weight is 1400 g/mol. The molecule has 0 spiro atoms. The summed E-state index contributed by atoms with van der Waals surface area (Å²) in [5, 5.41) is 9.95. The zero-order chi connectivity index (χ0) is 69.2. The number of benzene rings is 14. The van der Waals surface area contributed by atoms with E-state index in [0.717, 1.165) is 65.9 Å².